The first kappa shape index (κ1) is 15.6. The monoisotopic (exact) mass is 314 g/mol. The summed E-state index contributed by atoms with van der Waals surface area (Å²) in [5.41, 5.74) is 3.53. The van der Waals surface area contributed by atoms with Crippen LogP contribution < -0.4 is 0 Å². The molecule has 23 heavy (non-hydrogen) atoms. The average Bonchev–Trinajstić information content (AvgIpc) is 2.85. The number of hydrogen-bond donors (Lipinski definition) is 1. The lowest BCUT2D eigenvalue weighted by molar-refractivity contribution is -0.124. The van der Waals surface area contributed by atoms with Crippen LogP contribution in [0.2, 0.25) is 0 Å². The molecule has 0 spiro atoms. The highest BCUT2D eigenvalue weighted by Crippen LogP contribution is 2.64. The van der Waals surface area contributed by atoms with Crippen molar-refractivity contribution in [2.24, 2.45) is 28.6 Å². The molecule has 0 aromatic rings. The van der Waals surface area contributed by atoms with E-state index in [4.69, 9.17) is 0 Å². The van der Waals surface area contributed by atoms with Crippen LogP contribution in [0.15, 0.2) is 23.3 Å². The second-order valence-electron chi connectivity index (χ2n) is 9.06. The normalized spacial score (nSPS) is 48.7. The van der Waals surface area contributed by atoms with E-state index in [0.29, 0.717) is 17.6 Å². The fraction of sp³-hybridized carbons (Fsp3) is 0.762. The number of fused-ring (bicyclic) bond motifs is 5. The number of Topliss-reactive ketones (excluding diaryl/α,β-unsaturated/α-hetero) is 1. The van der Waals surface area contributed by atoms with Crippen molar-refractivity contribution in [3.63, 3.8) is 0 Å². The van der Waals surface area contributed by atoms with Crippen LogP contribution in [-0.2, 0) is 4.79 Å². The smallest absolute Gasteiger partial charge is 0.133 e. The van der Waals surface area contributed by atoms with Gasteiger partial charge in [0.1, 0.15) is 5.78 Å². The van der Waals surface area contributed by atoms with Crippen LogP contribution >= 0.6 is 0 Å². The summed E-state index contributed by atoms with van der Waals surface area (Å²) in [6.07, 6.45) is 12.1. The second-order valence-corrected chi connectivity index (χ2v) is 9.06. The van der Waals surface area contributed by atoms with Crippen molar-refractivity contribution in [3.05, 3.63) is 23.3 Å². The van der Waals surface area contributed by atoms with Gasteiger partial charge < -0.3 is 5.11 Å². The Balaban J connectivity index is 1.72. The third-order valence-electron chi connectivity index (χ3n) is 8.04. The van der Waals surface area contributed by atoms with Crippen LogP contribution in [-0.4, -0.2) is 17.0 Å². The summed E-state index contributed by atoms with van der Waals surface area (Å²) in [6.45, 7) is 6.60. The third-order valence-corrected chi connectivity index (χ3v) is 8.04. The fourth-order valence-electron chi connectivity index (χ4n) is 6.65. The number of aliphatic hydroxyl groups excluding tert-OH is 1. The Morgan fingerprint density at radius 3 is 2.61 bits per heavy atom. The van der Waals surface area contributed by atoms with Gasteiger partial charge in [0.2, 0.25) is 0 Å². The average molecular weight is 314 g/mol. The second kappa shape index (κ2) is 5.05. The molecule has 0 bridgehead atoms. The third kappa shape index (κ3) is 2.06. The van der Waals surface area contributed by atoms with Gasteiger partial charge in [-0.1, -0.05) is 37.1 Å². The van der Waals surface area contributed by atoms with Gasteiger partial charge in [-0.2, -0.15) is 0 Å². The van der Waals surface area contributed by atoms with Crippen molar-refractivity contribution in [1.82, 2.24) is 0 Å². The molecule has 0 heterocycles. The minimum atomic E-state index is -0.147. The standard InChI is InChI=1S/C21H30O2/c1-13(22)17-6-7-18-16-5-4-14-12-15(23)8-10-20(14,2)19(16)9-11-21(17,18)3/h4-5,15,17-19,23H,6-12H2,1-3H3/t15?,17-,18+,19-,20-,21-/m1/s1. The Hall–Kier alpha value is -0.890. The fourth-order valence-corrected chi connectivity index (χ4v) is 6.65. The van der Waals surface area contributed by atoms with E-state index in [0.717, 1.165) is 25.7 Å². The first-order chi connectivity index (χ1) is 10.9. The van der Waals surface area contributed by atoms with Crippen molar-refractivity contribution in [2.75, 3.05) is 0 Å². The van der Waals surface area contributed by atoms with E-state index in [9.17, 15) is 9.90 Å². The van der Waals surface area contributed by atoms with E-state index in [1.807, 2.05) is 0 Å². The summed E-state index contributed by atoms with van der Waals surface area (Å²) in [6, 6.07) is 0. The van der Waals surface area contributed by atoms with Gasteiger partial charge in [0.05, 0.1) is 6.10 Å². The molecular formula is C21H30O2. The minimum Gasteiger partial charge on any atom is -0.393 e. The van der Waals surface area contributed by atoms with E-state index in [1.54, 1.807) is 12.5 Å². The Morgan fingerprint density at radius 1 is 1.09 bits per heavy atom. The predicted octanol–water partition coefficient (Wildman–Crippen LogP) is 4.44. The molecule has 126 valence electrons. The Labute approximate surface area is 140 Å². The number of carbonyl (C=O) groups is 1. The minimum absolute atomic E-state index is 0.147. The van der Waals surface area contributed by atoms with Gasteiger partial charge in [0.25, 0.3) is 0 Å². The molecule has 6 atom stereocenters. The maximum atomic E-state index is 12.1. The van der Waals surface area contributed by atoms with Crippen LogP contribution in [0, 0.1) is 28.6 Å². The SMILES string of the molecule is CC(=O)[C@H]1CC[C@H]2C3=CC=C4CC(O)CC[C@@]4(C)[C@@H]3CC[C@]12C. The molecule has 3 saturated carbocycles. The van der Waals surface area contributed by atoms with Crippen molar-refractivity contribution < 1.29 is 9.90 Å². The van der Waals surface area contributed by atoms with E-state index in [2.05, 4.69) is 26.0 Å². The molecule has 0 aromatic heterocycles. The van der Waals surface area contributed by atoms with Crippen LogP contribution in [0.1, 0.15) is 65.7 Å². The molecule has 0 saturated heterocycles. The van der Waals surface area contributed by atoms with Gasteiger partial charge in [-0.05, 0) is 74.5 Å². The van der Waals surface area contributed by atoms with Crippen LogP contribution in [0.5, 0.6) is 0 Å². The van der Waals surface area contributed by atoms with Crippen LogP contribution in [0.3, 0.4) is 0 Å². The largest absolute Gasteiger partial charge is 0.393 e. The molecule has 1 unspecified atom stereocenters. The zero-order valence-corrected chi connectivity index (χ0v) is 14.8. The summed E-state index contributed by atoms with van der Waals surface area (Å²) in [5, 5.41) is 10.0. The molecule has 4 aliphatic carbocycles. The van der Waals surface area contributed by atoms with Crippen LogP contribution in [0.25, 0.3) is 0 Å². The lowest BCUT2D eigenvalue weighted by Gasteiger charge is -2.54. The maximum Gasteiger partial charge on any atom is 0.133 e. The molecule has 4 rings (SSSR count). The lowest BCUT2D eigenvalue weighted by Crippen LogP contribution is -2.46. The van der Waals surface area contributed by atoms with Gasteiger partial charge in [-0.3, -0.25) is 4.79 Å². The highest BCUT2D eigenvalue weighted by molar-refractivity contribution is 5.79. The van der Waals surface area contributed by atoms with E-state index in [-0.39, 0.29) is 22.9 Å². The highest BCUT2D eigenvalue weighted by Gasteiger charge is 2.57. The molecule has 0 aliphatic heterocycles. The van der Waals surface area contributed by atoms with Gasteiger partial charge in [-0.25, -0.2) is 0 Å². The number of rotatable bonds is 1. The number of hydrogen-bond acceptors (Lipinski definition) is 2. The quantitative estimate of drug-likeness (QED) is 0.777. The number of ketones is 1. The summed E-state index contributed by atoms with van der Waals surface area (Å²) in [4.78, 5) is 12.1. The summed E-state index contributed by atoms with van der Waals surface area (Å²) in [5.74, 6) is 1.89. The topological polar surface area (TPSA) is 37.3 Å². The Kier molecular flexibility index (Phi) is 3.43. The molecule has 0 amide bonds. The van der Waals surface area contributed by atoms with Gasteiger partial charge in [0, 0.05) is 5.92 Å². The molecule has 0 aromatic carbocycles. The summed E-state index contributed by atoms with van der Waals surface area (Å²) >= 11 is 0. The Bertz CT molecular complexity index is 601. The molecule has 2 heteroatoms. The summed E-state index contributed by atoms with van der Waals surface area (Å²) < 4.78 is 0. The van der Waals surface area contributed by atoms with Crippen molar-refractivity contribution in [2.45, 2.75) is 71.8 Å². The number of aliphatic hydroxyl groups is 1. The lowest BCUT2D eigenvalue weighted by atomic mass is 9.50. The highest BCUT2D eigenvalue weighted by atomic mass is 16.3. The zero-order chi connectivity index (χ0) is 16.4. The van der Waals surface area contributed by atoms with Crippen molar-refractivity contribution in [1.29, 1.82) is 0 Å². The zero-order valence-electron chi connectivity index (χ0n) is 14.8. The number of carbonyl (C=O) groups excluding carboxylic acids is 1. The van der Waals surface area contributed by atoms with Crippen LogP contribution in [0.4, 0.5) is 0 Å². The molecular weight excluding hydrogens is 284 g/mol. The maximum absolute atomic E-state index is 12.1. The molecule has 2 nitrogen and oxygen atoms in total. The van der Waals surface area contributed by atoms with Gasteiger partial charge in [0.15, 0.2) is 0 Å². The van der Waals surface area contributed by atoms with Crippen molar-refractivity contribution in [3.8, 4) is 0 Å². The molecule has 3 fully saturated rings. The van der Waals surface area contributed by atoms with Gasteiger partial charge >= 0.3 is 0 Å². The van der Waals surface area contributed by atoms with E-state index < -0.39 is 0 Å². The van der Waals surface area contributed by atoms with E-state index >= 15 is 0 Å². The molecule has 0 radical (unpaired) electrons. The first-order valence-corrected chi connectivity index (χ1v) is 9.46. The predicted molar refractivity (Wildman–Crippen MR) is 91.9 cm³/mol. The summed E-state index contributed by atoms with van der Waals surface area (Å²) in [7, 11) is 0. The Morgan fingerprint density at radius 2 is 1.87 bits per heavy atom. The first-order valence-electron chi connectivity index (χ1n) is 9.46. The van der Waals surface area contributed by atoms with E-state index in [1.165, 1.54) is 24.8 Å². The molecule has 1 N–H and O–H groups in total. The van der Waals surface area contributed by atoms with Crippen molar-refractivity contribution >= 4 is 5.78 Å². The van der Waals surface area contributed by atoms with Gasteiger partial charge in [-0.15, -0.1) is 0 Å². The number of allylic oxidation sites excluding steroid dienone is 3. The molecule has 4 aliphatic rings.